The van der Waals surface area contributed by atoms with Gasteiger partial charge in [-0.15, -0.1) is 0 Å². The largest absolute Gasteiger partial charge is 0.363 e. The molecular weight excluding hydrogens is 350 g/mol. The summed E-state index contributed by atoms with van der Waals surface area (Å²) in [6, 6.07) is 16.4. The monoisotopic (exact) mass is 375 g/mol. The van der Waals surface area contributed by atoms with Crippen molar-refractivity contribution in [1.29, 1.82) is 0 Å². The number of likely N-dealkylation sites (N-methyl/N-ethyl adjacent to an activating group) is 1. The maximum atomic E-state index is 12.4. The molecule has 2 aromatic rings. The molecule has 0 fully saturated rings. The molecule has 0 bridgehead atoms. The van der Waals surface area contributed by atoms with E-state index in [0.29, 0.717) is 12.1 Å². The van der Waals surface area contributed by atoms with Gasteiger partial charge in [0.2, 0.25) is 15.9 Å². The van der Waals surface area contributed by atoms with E-state index in [1.165, 1.54) is 18.4 Å². The van der Waals surface area contributed by atoms with Crippen molar-refractivity contribution in [2.24, 2.45) is 0 Å². The average Bonchev–Trinajstić information content (AvgIpc) is 2.65. The van der Waals surface area contributed by atoms with E-state index in [4.69, 9.17) is 0 Å². The molecule has 0 aromatic heterocycles. The lowest BCUT2D eigenvalue weighted by atomic mass is 10.2. The predicted molar refractivity (Wildman–Crippen MR) is 103 cm³/mol. The minimum absolute atomic E-state index is 0.159. The second-order valence-electron chi connectivity index (χ2n) is 6.02. The number of hydrogen-bond donors (Lipinski definition) is 1. The molecule has 140 valence electrons. The zero-order valence-corrected chi connectivity index (χ0v) is 16.2. The van der Waals surface area contributed by atoms with Gasteiger partial charge in [-0.25, -0.2) is 12.7 Å². The summed E-state index contributed by atoms with van der Waals surface area (Å²) in [4.78, 5) is 14.5. The van der Waals surface area contributed by atoms with Gasteiger partial charge >= 0.3 is 0 Å². The van der Waals surface area contributed by atoms with Crippen LogP contribution in [0.2, 0.25) is 0 Å². The Labute approximate surface area is 155 Å². The average molecular weight is 375 g/mol. The van der Waals surface area contributed by atoms with Gasteiger partial charge in [0, 0.05) is 32.9 Å². The molecule has 0 saturated carbocycles. The number of para-hydroxylation sites is 1. The molecule has 0 atom stereocenters. The molecule has 0 aliphatic rings. The van der Waals surface area contributed by atoms with Crippen molar-refractivity contribution in [3.05, 3.63) is 60.2 Å². The van der Waals surface area contributed by atoms with Crippen LogP contribution in [0.1, 0.15) is 12.5 Å². The van der Waals surface area contributed by atoms with E-state index in [9.17, 15) is 13.2 Å². The minimum Gasteiger partial charge on any atom is -0.363 e. The highest BCUT2D eigenvalue weighted by Crippen LogP contribution is 2.18. The summed E-state index contributed by atoms with van der Waals surface area (Å²) in [6.07, 6.45) is 0. The first-order valence-electron chi connectivity index (χ1n) is 8.43. The van der Waals surface area contributed by atoms with E-state index in [2.05, 4.69) is 5.32 Å². The molecule has 2 aromatic carbocycles. The van der Waals surface area contributed by atoms with E-state index in [0.717, 1.165) is 5.69 Å². The predicted octanol–water partition coefficient (Wildman–Crippen LogP) is 2.08. The highest BCUT2D eigenvalue weighted by molar-refractivity contribution is 7.89. The second kappa shape index (κ2) is 8.82. The van der Waals surface area contributed by atoms with E-state index in [-0.39, 0.29) is 23.9 Å². The lowest BCUT2D eigenvalue weighted by Crippen LogP contribution is -2.37. The van der Waals surface area contributed by atoms with Gasteiger partial charge in [-0.1, -0.05) is 36.4 Å². The summed E-state index contributed by atoms with van der Waals surface area (Å²) in [7, 11) is -0.575. The van der Waals surface area contributed by atoms with Gasteiger partial charge in [-0.2, -0.15) is 0 Å². The Kier molecular flexibility index (Phi) is 6.76. The van der Waals surface area contributed by atoms with Gasteiger partial charge in [-0.05, 0) is 30.7 Å². The smallest absolute Gasteiger partial charge is 0.242 e. The van der Waals surface area contributed by atoms with Crippen LogP contribution in [0.3, 0.4) is 0 Å². The first kappa shape index (κ1) is 19.9. The fourth-order valence-electron chi connectivity index (χ4n) is 2.55. The number of carbonyl (C=O) groups excluding carboxylic acids is 1. The number of benzene rings is 2. The van der Waals surface area contributed by atoms with E-state index in [1.807, 2.05) is 42.2 Å². The number of amides is 1. The topological polar surface area (TPSA) is 69.7 Å². The lowest BCUT2D eigenvalue weighted by Gasteiger charge is -2.22. The number of nitrogens with one attached hydrogen (secondary N) is 1. The Morgan fingerprint density at radius 1 is 1.00 bits per heavy atom. The fraction of sp³-hybridized carbons (Fsp3) is 0.316. The van der Waals surface area contributed by atoms with Crippen LogP contribution in [0.25, 0.3) is 0 Å². The molecule has 2 rings (SSSR count). The Bertz CT molecular complexity index is 836. The van der Waals surface area contributed by atoms with Crippen LogP contribution >= 0.6 is 0 Å². The normalized spacial score (nSPS) is 11.4. The molecule has 6 nitrogen and oxygen atoms in total. The number of hydrogen-bond acceptors (Lipinski definition) is 4. The van der Waals surface area contributed by atoms with Crippen molar-refractivity contribution in [1.82, 2.24) is 9.62 Å². The van der Waals surface area contributed by atoms with Crippen molar-refractivity contribution in [3.63, 3.8) is 0 Å². The first-order valence-corrected chi connectivity index (χ1v) is 9.87. The standard InChI is InChI=1S/C19H25N3O3S/c1-4-22(17-11-6-5-7-12-17)15-19(23)20-14-16-10-8-9-13-18(16)26(24,25)21(2)3/h5-13H,4,14-15H2,1-3H3,(H,20,23). The van der Waals surface area contributed by atoms with E-state index < -0.39 is 10.0 Å². The third-order valence-corrected chi connectivity index (χ3v) is 5.96. The SMILES string of the molecule is CCN(CC(=O)NCc1ccccc1S(=O)(=O)N(C)C)c1ccccc1. The molecule has 0 saturated heterocycles. The van der Waals surface area contributed by atoms with Crippen LogP contribution in [0.15, 0.2) is 59.5 Å². The summed E-state index contributed by atoms with van der Waals surface area (Å²) >= 11 is 0. The van der Waals surface area contributed by atoms with Crippen LogP contribution in [0, 0.1) is 0 Å². The number of nitrogens with zero attached hydrogens (tertiary/aromatic N) is 2. The molecule has 1 amide bonds. The van der Waals surface area contributed by atoms with Crippen molar-refractivity contribution in [3.8, 4) is 0 Å². The number of sulfonamides is 1. The van der Waals surface area contributed by atoms with E-state index >= 15 is 0 Å². The molecule has 26 heavy (non-hydrogen) atoms. The molecule has 0 unspecified atom stereocenters. The summed E-state index contributed by atoms with van der Waals surface area (Å²) in [6.45, 7) is 3.06. The van der Waals surface area contributed by atoms with Gasteiger partial charge in [0.25, 0.3) is 0 Å². The minimum atomic E-state index is -3.55. The van der Waals surface area contributed by atoms with Crippen molar-refractivity contribution < 1.29 is 13.2 Å². The Morgan fingerprint density at radius 3 is 2.23 bits per heavy atom. The van der Waals surface area contributed by atoms with Crippen LogP contribution in [-0.2, 0) is 21.4 Å². The molecule has 0 radical (unpaired) electrons. The van der Waals surface area contributed by atoms with Crippen LogP contribution in [-0.4, -0.2) is 45.8 Å². The quantitative estimate of drug-likeness (QED) is 0.767. The molecule has 0 spiro atoms. The zero-order chi connectivity index (χ0) is 19.2. The number of anilines is 1. The van der Waals surface area contributed by atoms with Gasteiger partial charge < -0.3 is 10.2 Å². The lowest BCUT2D eigenvalue weighted by molar-refractivity contribution is -0.119. The Hall–Kier alpha value is -2.38. The van der Waals surface area contributed by atoms with Crippen molar-refractivity contribution in [2.75, 3.05) is 32.1 Å². The molecular formula is C19H25N3O3S. The number of rotatable bonds is 8. The highest BCUT2D eigenvalue weighted by Gasteiger charge is 2.21. The highest BCUT2D eigenvalue weighted by atomic mass is 32.2. The van der Waals surface area contributed by atoms with Gasteiger partial charge in [0.15, 0.2) is 0 Å². The van der Waals surface area contributed by atoms with Gasteiger partial charge in [0.1, 0.15) is 0 Å². The maximum Gasteiger partial charge on any atom is 0.242 e. The third-order valence-electron chi connectivity index (χ3n) is 4.04. The van der Waals surface area contributed by atoms with Crippen molar-refractivity contribution >= 4 is 21.6 Å². The summed E-state index contributed by atoms with van der Waals surface area (Å²) in [5.41, 5.74) is 1.54. The molecule has 0 aliphatic heterocycles. The molecule has 1 N–H and O–H groups in total. The maximum absolute atomic E-state index is 12.4. The van der Waals surface area contributed by atoms with Gasteiger partial charge in [-0.3, -0.25) is 4.79 Å². The van der Waals surface area contributed by atoms with Crippen LogP contribution in [0.5, 0.6) is 0 Å². The second-order valence-corrected chi connectivity index (χ2v) is 8.14. The summed E-state index contributed by atoms with van der Waals surface area (Å²) in [5, 5.41) is 2.82. The summed E-state index contributed by atoms with van der Waals surface area (Å²) in [5.74, 6) is -0.159. The van der Waals surface area contributed by atoms with Crippen LogP contribution < -0.4 is 10.2 Å². The van der Waals surface area contributed by atoms with Gasteiger partial charge in [0.05, 0.1) is 11.4 Å². The fourth-order valence-corrected chi connectivity index (χ4v) is 3.66. The first-order chi connectivity index (χ1) is 12.4. The van der Waals surface area contributed by atoms with Crippen molar-refractivity contribution in [2.45, 2.75) is 18.4 Å². The van der Waals surface area contributed by atoms with E-state index in [1.54, 1.807) is 24.3 Å². The third kappa shape index (κ3) is 4.83. The Balaban J connectivity index is 2.06. The molecule has 0 heterocycles. The summed E-state index contributed by atoms with van der Waals surface area (Å²) < 4.78 is 26.0. The molecule has 7 heteroatoms. The number of carbonyl (C=O) groups is 1. The zero-order valence-electron chi connectivity index (χ0n) is 15.3. The Morgan fingerprint density at radius 2 is 1.62 bits per heavy atom. The molecule has 0 aliphatic carbocycles. The van der Waals surface area contributed by atoms with Crippen LogP contribution in [0.4, 0.5) is 5.69 Å².